The first-order chi connectivity index (χ1) is 9.72. The third kappa shape index (κ3) is 3.74. The van der Waals surface area contributed by atoms with Gasteiger partial charge in [-0.3, -0.25) is 0 Å². The Morgan fingerprint density at radius 3 is 2.95 bits per heavy atom. The summed E-state index contributed by atoms with van der Waals surface area (Å²) in [4.78, 5) is 4.19. The van der Waals surface area contributed by atoms with Crippen molar-refractivity contribution in [1.82, 2.24) is 14.9 Å². The fourth-order valence-corrected chi connectivity index (χ4v) is 2.25. The number of ether oxygens (including phenoxy) is 1. The van der Waals surface area contributed by atoms with E-state index in [0.717, 1.165) is 36.8 Å². The Balaban J connectivity index is 1.99. The second-order valence-corrected chi connectivity index (χ2v) is 4.93. The average molecular weight is 294 g/mol. The summed E-state index contributed by atoms with van der Waals surface area (Å²) in [5.41, 5.74) is 1.08. The van der Waals surface area contributed by atoms with Gasteiger partial charge in [0.2, 0.25) is 0 Å². The van der Waals surface area contributed by atoms with Gasteiger partial charge in [-0.1, -0.05) is 30.7 Å². The Hall–Kier alpha value is -1.52. The van der Waals surface area contributed by atoms with Crippen molar-refractivity contribution in [1.29, 1.82) is 0 Å². The molecule has 0 saturated heterocycles. The van der Waals surface area contributed by atoms with Gasteiger partial charge < -0.3 is 14.6 Å². The van der Waals surface area contributed by atoms with Crippen LogP contribution < -0.4 is 10.1 Å². The predicted octanol–water partition coefficient (Wildman–Crippen LogP) is 3.03. The number of benzene rings is 1. The van der Waals surface area contributed by atoms with E-state index in [-0.39, 0.29) is 0 Å². The van der Waals surface area contributed by atoms with Crippen LogP contribution in [-0.2, 0) is 13.1 Å². The van der Waals surface area contributed by atoms with Gasteiger partial charge in [-0.2, -0.15) is 0 Å². The van der Waals surface area contributed by atoms with Gasteiger partial charge in [0.25, 0.3) is 0 Å². The standard InChI is InChI=1S/C15H20ClN3O/c1-3-17-11-13-5-4-6-14(16)15(13)20-10-9-19-8-7-18-12(19)2/h4-8,17H,3,9-11H2,1-2H3. The number of nitrogens with zero attached hydrogens (tertiary/aromatic N) is 2. The maximum atomic E-state index is 6.23. The number of para-hydroxylation sites is 1. The number of imidazole rings is 1. The molecule has 0 bridgehead atoms. The van der Waals surface area contributed by atoms with Crippen molar-refractivity contribution in [2.75, 3.05) is 13.2 Å². The predicted molar refractivity (Wildman–Crippen MR) is 81.3 cm³/mol. The number of halogens is 1. The summed E-state index contributed by atoms with van der Waals surface area (Å²) in [6.45, 7) is 7.06. The summed E-state index contributed by atoms with van der Waals surface area (Å²) >= 11 is 6.23. The molecule has 108 valence electrons. The fourth-order valence-electron chi connectivity index (χ4n) is 2.00. The molecular formula is C15H20ClN3O. The van der Waals surface area contributed by atoms with E-state index in [1.54, 1.807) is 6.20 Å². The van der Waals surface area contributed by atoms with Crippen molar-refractivity contribution < 1.29 is 4.74 Å². The summed E-state index contributed by atoms with van der Waals surface area (Å²) in [5, 5.41) is 3.95. The van der Waals surface area contributed by atoms with Gasteiger partial charge in [-0.15, -0.1) is 0 Å². The maximum absolute atomic E-state index is 6.23. The SMILES string of the molecule is CCNCc1cccc(Cl)c1OCCn1ccnc1C. The molecule has 0 radical (unpaired) electrons. The van der Waals surface area contributed by atoms with Crippen molar-refractivity contribution in [2.24, 2.45) is 0 Å². The lowest BCUT2D eigenvalue weighted by Gasteiger charge is -2.14. The van der Waals surface area contributed by atoms with Crippen LogP contribution in [0.2, 0.25) is 5.02 Å². The third-order valence-corrected chi connectivity index (χ3v) is 3.41. The van der Waals surface area contributed by atoms with Crippen molar-refractivity contribution in [3.8, 4) is 5.75 Å². The number of aromatic nitrogens is 2. The molecule has 0 amide bonds. The van der Waals surface area contributed by atoms with Gasteiger partial charge >= 0.3 is 0 Å². The summed E-state index contributed by atoms with van der Waals surface area (Å²) < 4.78 is 7.93. The Bertz CT molecular complexity index is 554. The molecule has 0 aliphatic rings. The van der Waals surface area contributed by atoms with Crippen molar-refractivity contribution in [3.63, 3.8) is 0 Å². The molecule has 20 heavy (non-hydrogen) atoms. The molecule has 2 rings (SSSR count). The van der Waals surface area contributed by atoms with Crippen LogP contribution in [0.1, 0.15) is 18.3 Å². The van der Waals surface area contributed by atoms with Crippen LogP contribution in [0.25, 0.3) is 0 Å². The minimum absolute atomic E-state index is 0.570. The normalized spacial score (nSPS) is 10.8. The van der Waals surface area contributed by atoms with Crippen LogP contribution in [0, 0.1) is 6.92 Å². The summed E-state index contributed by atoms with van der Waals surface area (Å²) in [7, 11) is 0. The molecule has 0 fully saturated rings. The van der Waals surface area contributed by atoms with E-state index in [2.05, 4.69) is 21.8 Å². The second kappa shape index (κ2) is 7.31. The first kappa shape index (κ1) is 14.9. The first-order valence-electron chi connectivity index (χ1n) is 6.81. The van der Waals surface area contributed by atoms with E-state index < -0.39 is 0 Å². The van der Waals surface area contributed by atoms with E-state index in [1.165, 1.54) is 0 Å². The molecular weight excluding hydrogens is 274 g/mol. The first-order valence-corrected chi connectivity index (χ1v) is 7.18. The topological polar surface area (TPSA) is 39.1 Å². The third-order valence-electron chi connectivity index (χ3n) is 3.12. The zero-order chi connectivity index (χ0) is 14.4. The fraction of sp³-hybridized carbons (Fsp3) is 0.400. The molecule has 1 N–H and O–H groups in total. The number of aryl methyl sites for hydroxylation is 1. The lowest BCUT2D eigenvalue weighted by Crippen LogP contribution is -2.14. The molecule has 1 aromatic carbocycles. The summed E-state index contributed by atoms with van der Waals surface area (Å²) in [5.74, 6) is 1.76. The number of rotatable bonds is 7. The van der Waals surface area contributed by atoms with Gasteiger partial charge in [-0.25, -0.2) is 4.98 Å². The van der Waals surface area contributed by atoms with E-state index >= 15 is 0 Å². The van der Waals surface area contributed by atoms with E-state index in [4.69, 9.17) is 16.3 Å². The minimum Gasteiger partial charge on any atom is -0.490 e. The highest BCUT2D eigenvalue weighted by Crippen LogP contribution is 2.28. The van der Waals surface area contributed by atoms with Crippen LogP contribution in [0.4, 0.5) is 0 Å². The summed E-state index contributed by atoms with van der Waals surface area (Å²) in [6.07, 6.45) is 3.74. The molecule has 0 aliphatic carbocycles. The lowest BCUT2D eigenvalue weighted by atomic mass is 10.2. The number of nitrogens with one attached hydrogen (secondary N) is 1. The molecule has 5 heteroatoms. The molecule has 0 spiro atoms. The molecule has 0 atom stereocenters. The lowest BCUT2D eigenvalue weighted by molar-refractivity contribution is 0.293. The highest BCUT2D eigenvalue weighted by molar-refractivity contribution is 6.32. The zero-order valence-electron chi connectivity index (χ0n) is 11.9. The maximum Gasteiger partial charge on any atom is 0.142 e. The Morgan fingerprint density at radius 2 is 2.25 bits per heavy atom. The molecule has 4 nitrogen and oxygen atoms in total. The van der Waals surface area contributed by atoms with Gasteiger partial charge in [0, 0.05) is 24.5 Å². The van der Waals surface area contributed by atoms with Crippen LogP contribution >= 0.6 is 11.6 Å². The van der Waals surface area contributed by atoms with Gasteiger partial charge in [0.15, 0.2) is 0 Å². The van der Waals surface area contributed by atoms with E-state index in [0.29, 0.717) is 11.6 Å². The van der Waals surface area contributed by atoms with Crippen molar-refractivity contribution in [2.45, 2.75) is 26.9 Å². The van der Waals surface area contributed by atoms with Gasteiger partial charge in [0.1, 0.15) is 18.2 Å². The Morgan fingerprint density at radius 1 is 1.40 bits per heavy atom. The minimum atomic E-state index is 0.570. The van der Waals surface area contributed by atoms with E-state index in [1.807, 2.05) is 31.3 Å². The highest BCUT2D eigenvalue weighted by Gasteiger charge is 2.08. The number of hydrogen-bond acceptors (Lipinski definition) is 3. The largest absolute Gasteiger partial charge is 0.490 e. The van der Waals surface area contributed by atoms with Crippen LogP contribution in [-0.4, -0.2) is 22.7 Å². The molecule has 1 heterocycles. The van der Waals surface area contributed by atoms with Crippen molar-refractivity contribution >= 4 is 11.6 Å². The molecule has 0 saturated carbocycles. The second-order valence-electron chi connectivity index (χ2n) is 4.52. The van der Waals surface area contributed by atoms with Gasteiger partial charge in [-0.05, 0) is 19.5 Å². The Labute approximate surface area is 124 Å². The molecule has 1 aromatic heterocycles. The van der Waals surface area contributed by atoms with Crippen LogP contribution in [0.15, 0.2) is 30.6 Å². The van der Waals surface area contributed by atoms with Crippen LogP contribution in [0.3, 0.4) is 0 Å². The zero-order valence-corrected chi connectivity index (χ0v) is 12.7. The summed E-state index contributed by atoms with van der Waals surface area (Å²) in [6, 6.07) is 5.84. The Kier molecular flexibility index (Phi) is 5.44. The van der Waals surface area contributed by atoms with E-state index in [9.17, 15) is 0 Å². The average Bonchev–Trinajstić information content (AvgIpc) is 2.84. The molecule has 0 unspecified atom stereocenters. The quantitative estimate of drug-likeness (QED) is 0.853. The molecule has 0 aliphatic heterocycles. The molecule has 2 aromatic rings. The monoisotopic (exact) mass is 293 g/mol. The smallest absolute Gasteiger partial charge is 0.142 e. The van der Waals surface area contributed by atoms with Crippen molar-refractivity contribution in [3.05, 3.63) is 47.0 Å². The van der Waals surface area contributed by atoms with Crippen LogP contribution in [0.5, 0.6) is 5.75 Å². The number of hydrogen-bond donors (Lipinski definition) is 1. The highest BCUT2D eigenvalue weighted by atomic mass is 35.5. The van der Waals surface area contributed by atoms with Gasteiger partial charge in [0.05, 0.1) is 11.6 Å².